The average Bonchev–Trinajstić information content (AvgIpc) is 2.29. The summed E-state index contributed by atoms with van der Waals surface area (Å²) >= 11 is 5.92. The number of hydrogen-bond acceptors (Lipinski definition) is 3. The number of carbonyl (C=O) groups is 1. The lowest BCUT2D eigenvalue weighted by atomic mass is 10.0. The first-order valence-corrected chi connectivity index (χ1v) is 5.93. The number of hydrogen-bond donors (Lipinski definition) is 1. The largest absolute Gasteiger partial charge is 0.480 e. The number of aliphatic carboxylic acids is 1. The van der Waals surface area contributed by atoms with Crippen LogP contribution in [0.25, 0.3) is 0 Å². The van der Waals surface area contributed by atoms with Gasteiger partial charge in [-0.2, -0.15) is 5.26 Å². The fourth-order valence-electron chi connectivity index (χ4n) is 1.80. The van der Waals surface area contributed by atoms with E-state index in [0.717, 1.165) is 0 Å². The number of benzene rings is 1. The normalized spacial score (nSPS) is 10.8. The van der Waals surface area contributed by atoms with Crippen LogP contribution in [0.4, 0.5) is 5.69 Å². The minimum absolute atomic E-state index is 0.413. The zero-order chi connectivity index (χ0) is 13.9. The molecule has 96 valence electrons. The third kappa shape index (κ3) is 2.57. The van der Waals surface area contributed by atoms with E-state index >= 15 is 0 Å². The molecule has 0 aromatic heterocycles. The summed E-state index contributed by atoms with van der Waals surface area (Å²) in [6, 6.07) is 6.89. The second-order valence-electron chi connectivity index (χ2n) is 4.38. The minimum Gasteiger partial charge on any atom is -0.480 e. The molecule has 18 heavy (non-hydrogen) atoms. The summed E-state index contributed by atoms with van der Waals surface area (Å²) in [6.45, 7) is 5.50. The molecule has 0 heterocycles. The molecule has 0 saturated heterocycles. The van der Waals surface area contributed by atoms with Crippen LogP contribution in [0.1, 0.15) is 26.3 Å². The maximum Gasteiger partial charge on any atom is 0.328 e. The standard InChI is InChI=1S/C13H15ClN2O2/c1-4-16(13(2,3)12(17)18)11-7-10(14)6-5-9(11)8-15/h5-7H,4H2,1-3H3,(H,17,18). The molecule has 0 spiro atoms. The van der Waals surface area contributed by atoms with Gasteiger partial charge in [-0.25, -0.2) is 4.79 Å². The molecule has 0 radical (unpaired) electrons. The lowest BCUT2D eigenvalue weighted by Crippen LogP contribution is -2.50. The van der Waals surface area contributed by atoms with E-state index in [9.17, 15) is 9.90 Å². The first-order valence-electron chi connectivity index (χ1n) is 5.55. The zero-order valence-electron chi connectivity index (χ0n) is 10.6. The Bertz CT molecular complexity index is 506. The SMILES string of the molecule is CCN(c1cc(Cl)ccc1C#N)C(C)(C)C(=O)O. The molecule has 0 aliphatic rings. The van der Waals surface area contributed by atoms with Crippen LogP contribution >= 0.6 is 11.6 Å². The summed E-state index contributed by atoms with van der Waals surface area (Å²) in [4.78, 5) is 13.0. The van der Waals surface area contributed by atoms with Crippen LogP contribution < -0.4 is 4.90 Å². The summed E-state index contributed by atoms with van der Waals surface area (Å²) in [5.41, 5.74) is -0.152. The van der Waals surface area contributed by atoms with Gasteiger partial charge in [0.2, 0.25) is 0 Å². The second kappa shape index (κ2) is 5.28. The summed E-state index contributed by atoms with van der Waals surface area (Å²) in [5, 5.41) is 18.8. The van der Waals surface area contributed by atoms with Crippen molar-refractivity contribution in [1.29, 1.82) is 5.26 Å². The van der Waals surface area contributed by atoms with Gasteiger partial charge in [-0.1, -0.05) is 11.6 Å². The van der Waals surface area contributed by atoms with E-state index < -0.39 is 11.5 Å². The van der Waals surface area contributed by atoms with Crippen molar-refractivity contribution in [2.45, 2.75) is 26.3 Å². The van der Waals surface area contributed by atoms with Crippen molar-refractivity contribution in [2.75, 3.05) is 11.4 Å². The van der Waals surface area contributed by atoms with E-state index in [0.29, 0.717) is 22.8 Å². The van der Waals surface area contributed by atoms with Crippen molar-refractivity contribution in [2.24, 2.45) is 0 Å². The smallest absolute Gasteiger partial charge is 0.328 e. The highest BCUT2D eigenvalue weighted by molar-refractivity contribution is 6.30. The first-order chi connectivity index (χ1) is 8.34. The Labute approximate surface area is 111 Å². The Balaban J connectivity index is 3.38. The van der Waals surface area contributed by atoms with Crippen LogP contribution in [0.15, 0.2) is 18.2 Å². The van der Waals surface area contributed by atoms with Crippen LogP contribution in [0, 0.1) is 11.3 Å². The predicted molar refractivity (Wildman–Crippen MR) is 70.9 cm³/mol. The predicted octanol–water partition coefficient (Wildman–Crippen LogP) is 2.90. The topological polar surface area (TPSA) is 64.3 Å². The zero-order valence-corrected chi connectivity index (χ0v) is 11.3. The molecule has 0 fully saturated rings. The number of carboxylic acid groups (broad SMARTS) is 1. The number of carboxylic acids is 1. The lowest BCUT2D eigenvalue weighted by molar-refractivity contribution is -0.142. The first kappa shape index (κ1) is 14.3. The van der Waals surface area contributed by atoms with Crippen LogP contribution in [0.2, 0.25) is 5.02 Å². The molecular weight excluding hydrogens is 252 g/mol. The van der Waals surface area contributed by atoms with Gasteiger partial charge in [0.15, 0.2) is 0 Å². The Morgan fingerprint density at radius 3 is 2.61 bits per heavy atom. The number of rotatable bonds is 4. The fourth-order valence-corrected chi connectivity index (χ4v) is 1.97. The molecule has 1 N–H and O–H groups in total. The van der Waals surface area contributed by atoms with Gasteiger partial charge in [0.05, 0.1) is 11.3 Å². The van der Waals surface area contributed by atoms with Gasteiger partial charge in [0.1, 0.15) is 11.6 Å². The number of likely N-dealkylation sites (N-methyl/N-ethyl adjacent to an activating group) is 1. The van der Waals surface area contributed by atoms with Gasteiger partial charge in [0, 0.05) is 11.6 Å². The van der Waals surface area contributed by atoms with Crippen molar-refractivity contribution in [3.05, 3.63) is 28.8 Å². The van der Waals surface area contributed by atoms with E-state index in [-0.39, 0.29) is 0 Å². The van der Waals surface area contributed by atoms with Crippen LogP contribution in [-0.4, -0.2) is 23.2 Å². The lowest BCUT2D eigenvalue weighted by Gasteiger charge is -2.36. The summed E-state index contributed by atoms with van der Waals surface area (Å²) in [6.07, 6.45) is 0. The van der Waals surface area contributed by atoms with E-state index in [1.165, 1.54) is 0 Å². The van der Waals surface area contributed by atoms with Gasteiger partial charge in [-0.15, -0.1) is 0 Å². The molecule has 1 aromatic rings. The molecule has 5 heteroatoms. The number of nitrogens with zero attached hydrogens (tertiary/aromatic N) is 2. The molecule has 0 amide bonds. The number of nitriles is 1. The molecule has 1 rings (SSSR count). The van der Waals surface area contributed by atoms with Gasteiger partial charge >= 0.3 is 5.97 Å². The Hall–Kier alpha value is -1.73. The molecule has 4 nitrogen and oxygen atoms in total. The fraction of sp³-hybridized carbons (Fsp3) is 0.385. The van der Waals surface area contributed by atoms with Crippen molar-refractivity contribution >= 4 is 23.3 Å². The Kier molecular flexibility index (Phi) is 4.20. The molecule has 0 bridgehead atoms. The van der Waals surface area contributed by atoms with Crippen LogP contribution in [-0.2, 0) is 4.79 Å². The number of halogens is 1. The van der Waals surface area contributed by atoms with Crippen molar-refractivity contribution in [3.8, 4) is 6.07 Å². The van der Waals surface area contributed by atoms with E-state index in [2.05, 4.69) is 6.07 Å². The molecule has 0 saturated carbocycles. The second-order valence-corrected chi connectivity index (χ2v) is 4.82. The quantitative estimate of drug-likeness (QED) is 0.910. The Morgan fingerprint density at radius 2 is 2.17 bits per heavy atom. The highest BCUT2D eigenvalue weighted by Gasteiger charge is 2.35. The molecule has 1 aromatic carbocycles. The third-order valence-electron chi connectivity index (χ3n) is 2.89. The Morgan fingerprint density at radius 1 is 1.56 bits per heavy atom. The van der Waals surface area contributed by atoms with E-state index in [4.69, 9.17) is 16.9 Å². The van der Waals surface area contributed by atoms with Crippen molar-refractivity contribution < 1.29 is 9.90 Å². The summed E-state index contributed by atoms with van der Waals surface area (Å²) in [5.74, 6) is -0.951. The van der Waals surface area contributed by atoms with Crippen molar-refractivity contribution in [3.63, 3.8) is 0 Å². The maximum absolute atomic E-state index is 11.3. The van der Waals surface area contributed by atoms with Crippen LogP contribution in [0.3, 0.4) is 0 Å². The molecule has 0 aliphatic heterocycles. The van der Waals surface area contributed by atoms with E-state index in [1.807, 2.05) is 6.92 Å². The van der Waals surface area contributed by atoms with Gasteiger partial charge in [0.25, 0.3) is 0 Å². The summed E-state index contributed by atoms with van der Waals surface area (Å²) in [7, 11) is 0. The third-order valence-corrected chi connectivity index (χ3v) is 3.12. The van der Waals surface area contributed by atoms with Gasteiger partial charge in [-0.3, -0.25) is 0 Å². The molecule has 0 unspecified atom stereocenters. The minimum atomic E-state index is -1.11. The molecule has 0 atom stereocenters. The monoisotopic (exact) mass is 266 g/mol. The highest BCUT2D eigenvalue weighted by atomic mass is 35.5. The number of anilines is 1. The van der Waals surface area contributed by atoms with E-state index in [1.54, 1.807) is 36.9 Å². The van der Waals surface area contributed by atoms with Gasteiger partial charge in [-0.05, 0) is 39.0 Å². The van der Waals surface area contributed by atoms with Gasteiger partial charge < -0.3 is 10.0 Å². The van der Waals surface area contributed by atoms with Crippen molar-refractivity contribution in [1.82, 2.24) is 0 Å². The maximum atomic E-state index is 11.3. The average molecular weight is 267 g/mol. The summed E-state index contributed by atoms with van der Waals surface area (Å²) < 4.78 is 0. The highest BCUT2D eigenvalue weighted by Crippen LogP contribution is 2.30. The van der Waals surface area contributed by atoms with Crippen LogP contribution in [0.5, 0.6) is 0 Å². The molecule has 0 aliphatic carbocycles. The molecular formula is C13H15ClN2O2.